The van der Waals surface area contributed by atoms with Gasteiger partial charge in [-0.2, -0.15) is 0 Å². The highest BCUT2D eigenvalue weighted by Gasteiger charge is 2.34. The van der Waals surface area contributed by atoms with Crippen molar-refractivity contribution in [2.75, 3.05) is 28.4 Å². The van der Waals surface area contributed by atoms with Gasteiger partial charge in [0.25, 0.3) is 18.1 Å². The number of benzene rings is 4. The fourth-order valence-electron chi connectivity index (χ4n) is 5.42. The lowest BCUT2D eigenvalue weighted by atomic mass is 10.1. The SMILES string of the molecule is CCc1ccc(OC)cc1[Si](O[Si](c1cc(OC)ccc1CC)c1cc(OC)ccc1CC)c1cc(OC)ccc1CC. The van der Waals surface area contributed by atoms with Crippen LogP contribution in [0.4, 0.5) is 0 Å². The molecule has 0 heterocycles. The zero-order valence-electron chi connectivity index (χ0n) is 26.8. The van der Waals surface area contributed by atoms with Gasteiger partial charge in [0.15, 0.2) is 0 Å². The summed E-state index contributed by atoms with van der Waals surface area (Å²) in [6.07, 6.45) is 3.57. The van der Waals surface area contributed by atoms with Crippen LogP contribution in [0.25, 0.3) is 0 Å². The van der Waals surface area contributed by atoms with Crippen molar-refractivity contribution in [2.45, 2.75) is 53.4 Å². The molecule has 0 spiro atoms. The summed E-state index contributed by atoms with van der Waals surface area (Å²) in [5.41, 5.74) is 5.07. The third kappa shape index (κ3) is 7.17. The van der Waals surface area contributed by atoms with Crippen LogP contribution >= 0.6 is 0 Å². The van der Waals surface area contributed by atoms with Gasteiger partial charge in [0.2, 0.25) is 0 Å². The Balaban J connectivity index is 2.07. The highest BCUT2D eigenvalue weighted by atomic mass is 28.4. The summed E-state index contributed by atoms with van der Waals surface area (Å²) in [6, 6.07) is 25.7. The van der Waals surface area contributed by atoms with Gasteiger partial charge in [-0.05, 0) is 117 Å². The minimum Gasteiger partial charge on any atom is -0.497 e. The molecule has 7 heteroatoms. The van der Waals surface area contributed by atoms with E-state index >= 15 is 0 Å². The second kappa shape index (κ2) is 15.3. The molecule has 0 unspecified atom stereocenters. The molecule has 5 nitrogen and oxygen atoms in total. The predicted octanol–water partition coefficient (Wildman–Crippen LogP) is 4.90. The summed E-state index contributed by atoms with van der Waals surface area (Å²) < 4.78 is 30.8. The summed E-state index contributed by atoms with van der Waals surface area (Å²) >= 11 is 0. The average Bonchev–Trinajstić information content (AvgIpc) is 3.07. The van der Waals surface area contributed by atoms with E-state index in [4.69, 9.17) is 23.1 Å². The maximum Gasteiger partial charge on any atom is 0.273 e. The Hall–Kier alpha value is -3.53. The van der Waals surface area contributed by atoms with Crippen LogP contribution in [-0.2, 0) is 29.8 Å². The summed E-state index contributed by atoms with van der Waals surface area (Å²) in [5.74, 6) is 3.33. The Morgan fingerprint density at radius 3 is 0.814 bits per heavy atom. The Kier molecular flexibility index (Phi) is 11.5. The molecule has 4 aromatic rings. The molecule has 0 amide bonds. The Morgan fingerprint density at radius 2 is 0.628 bits per heavy atom. The monoisotopic (exact) mass is 612 g/mol. The van der Waals surface area contributed by atoms with Crippen molar-refractivity contribution in [2.24, 2.45) is 0 Å². The molecule has 43 heavy (non-hydrogen) atoms. The van der Waals surface area contributed by atoms with Crippen LogP contribution in [-0.4, -0.2) is 46.5 Å². The average molecular weight is 613 g/mol. The highest BCUT2D eigenvalue weighted by Crippen LogP contribution is 2.20. The molecule has 0 atom stereocenters. The number of rotatable bonds is 14. The fourth-order valence-corrected chi connectivity index (χ4v) is 11.9. The van der Waals surface area contributed by atoms with Gasteiger partial charge >= 0.3 is 0 Å². The molecule has 0 bridgehead atoms. The highest BCUT2D eigenvalue weighted by molar-refractivity contribution is 6.92. The second-order valence-electron chi connectivity index (χ2n) is 10.3. The lowest BCUT2D eigenvalue weighted by molar-refractivity contribution is 0.415. The van der Waals surface area contributed by atoms with Gasteiger partial charge in [-0.1, -0.05) is 52.0 Å². The van der Waals surface area contributed by atoms with Crippen LogP contribution in [0.2, 0.25) is 0 Å². The first-order chi connectivity index (χ1) is 20.9. The maximum atomic E-state index is 7.74. The summed E-state index contributed by atoms with van der Waals surface area (Å²) in [7, 11) is 3.26. The van der Waals surface area contributed by atoms with Gasteiger partial charge in [0.1, 0.15) is 23.0 Å². The largest absolute Gasteiger partial charge is 0.497 e. The topological polar surface area (TPSA) is 46.2 Å². The van der Waals surface area contributed by atoms with E-state index in [1.807, 2.05) is 0 Å². The number of aryl methyl sites for hydroxylation is 4. The van der Waals surface area contributed by atoms with Gasteiger partial charge in [-0.25, -0.2) is 0 Å². The zero-order chi connectivity index (χ0) is 30.9. The van der Waals surface area contributed by atoms with Gasteiger partial charge in [0, 0.05) is 0 Å². The number of hydrogen-bond donors (Lipinski definition) is 0. The first kappa shape index (κ1) is 32.4. The number of methoxy groups -OCH3 is 4. The van der Waals surface area contributed by atoms with Crippen LogP contribution < -0.4 is 39.7 Å². The summed E-state index contributed by atoms with van der Waals surface area (Å²) in [5, 5.41) is 4.83. The van der Waals surface area contributed by atoms with Gasteiger partial charge in [0.05, 0.1) is 28.4 Å². The molecule has 2 radical (unpaired) electrons. The first-order valence-electron chi connectivity index (χ1n) is 15.1. The van der Waals surface area contributed by atoms with E-state index in [1.54, 1.807) is 28.4 Å². The van der Waals surface area contributed by atoms with Crippen LogP contribution in [0, 0.1) is 0 Å². The molecule has 0 saturated heterocycles. The van der Waals surface area contributed by atoms with Gasteiger partial charge in [-0.3, -0.25) is 0 Å². The van der Waals surface area contributed by atoms with E-state index in [9.17, 15) is 0 Å². The van der Waals surface area contributed by atoms with Crippen LogP contribution in [0.15, 0.2) is 72.8 Å². The van der Waals surface area contributed by atoms with Gasteiger partial charge in [-0.15, -0.1) is 0 Å². The number of ether oxygens (including phenoxy) is 4. The zero-order valence-corrected chi connectivity index (χ0v) is 28.8. The van der Waals surface area contributed by atoms with Gasteiger partial charge < -0.3 is 23.1 Å². The lowest BCUT2D eigenvalue weighted by Crippen LogP contribution is -2.58. The standard InChI is InChI=1S/C36H44O5Si2/c1-9-25-13-17-29(37-5)21-33(25)42(34-22-30(38-6)18-14-26(34)10-2)41-43(35-23-31(39-7)19-15-27(35)11-3)36-24-32(40-8)20-16-28(36)12-4/h13-24H,9-12H2,1-8H3. The smallest absolute Gasteiger partial charge is 0.273 e. The van der Waals surface area contributed by atoms with E-state index in [-0.39, 0.29) is 0 Å². The number of hydrogen-bond acceptors (Lipinski definition) is 5. The van der Waals surface area contributed by atoms with Crippen LogP contribution in [0.3, 0.4) is 0 Å². The molecule has 0 fully saturated rings. The van der Waals surface area contributed by atoms with Crippen molar-refractivity contribution in [3.8, 4) is 23.0 Å². The second-order valence-corrected chi connectivity index (χ2v) is 14.6. The molecule has 0 aliphatic rings. The molecule has 0 aliphatic heterocycles. The van der Waals surface area contributed by atoms with Crippen molar-refractivity contribution in [1.29, 1.82) is 0 Å². The quantitative estimate of drug-likeness (QED) is 0.190. The van der Waals surface area contributed by atoms with E-state index < -0.39 is 18.1 Å². The first-order valence-corrected chi connectivity index (χ1v) is 17.9. The van der Waals surface area contributed by atoms with Crippen LogP contribution in [0.1, 0.15) is 49.9 Å². The molecule has 0 N–H and O–H groups in total. The lowest BCUT2D eigenvalue weighted by Gasteiger charge is -2.29. The Bertz CT molecular complexity index is 1300. The van der Waals surface area contributed by atoms with Crippen molar-refractivity contribution in [3.05, 3.63) is 95.1 Å². The third-order valence-corrected chi connectivity index (χ3v) is 13.4. The van der Waals surface area contributed by atoms with Crippen LogP contribution in [0.5, 0.6) is 23.0 Å². The molecule has 4 rings (SSSR count). The molecule has 226 valence electrons. The Morgan fingerprint density at radius 1 is 0.395 bits per heavy atom. The van der Waals surface area contributed by atoms with E-state index in [2.05, 4.69) is 100 Å². The molecule has 0 aliphatic carbocycles. The summed E-state index contributed by atoms with van der Waals surface area (Å²) in [4.78, 5) is 0. The molecular formula is C36H44O5Si2. The van der Waals surface area contributed by atoms with E-state index in [0.29, 0.717) is 0 Å². The van der Waals surface area contributed by atoms with E-state index in [0.717, 1.165) is 48.7 Å². The Labute approximate surface area is 261 Å². The minimum atomic E-state index is -1.82. The minimum absolute atomic E-state index is 0.833. The third-order valence-electron chi connectivity index (χ3n) is 7.97. The van der Waals surface area contributed by atoms with Crippen molar-refractivity contribution < 1.29 is 23.1 Å². The normalized spacial score (nSPS) is 11.2. The van der Waals surface area contributed by atoms with Crippen molar-refractivity contribution in [3.63, 3.8) is 0 Å². The predicted molar refractivity (Wildman–Crippen MR) is 181 cm³/mol. The van der Waals surface area contributed by atoms with E-state index in [1.165, 1.54) is 43.0 Å². The molecule has 0 saturated carbocycles. The van der Waals surface area contributed by atoms with Crippen molar-refractivity contribution in [1.82, 2.24) is 0 Å². The summed E-state index contributed by atoms with van der Waals surface area (Å²) in [6.45, 7) is 8.82. The maximum absolute atomic E-state index is 7.74. The molecule has 4 aromatic carbocycles. The molecular weight excluding hydrogens is 569 g/mol. The van der Waals surface area contributed by atoms with Crippen molar-refractivity contribution >= 4 is 38.8 Å². The fraction of sp³-hybridized carbons (Fsp3) is 0.333. The molecule has 0 aromatic heterocycles.